The molecule has 0 aromatic heterocycles. The van der Waals surface area contributed by atoms with Crippen LogP contribution in [0.25, 0.3) is 0 Å². The van der Waals surface area contributed by atoms with Gasteiger partial charge in [0.05, 0.1) is 5.75 Å². The average molecular weight is 165 g/mol. The lowest BCUT2D eigenvalue weighted by atomic mass is 10.4. The molecular weight excluding hydrogens is 150 g/mol. The Balaban J connectivity index is 3.69. The molecule has 0 bridgehead atoms. The number of hydrogen-bond donors (Lipinski definition) is 1. The summed E-state index contributed by atoms with van der Waals surface area (Å²) in [7, 11) is -2.81. The van der Waals surface area contributed by atoms with E-state index in [9.17, 15) is 8.42 Å². The minimum Gasteiger partial charge on any atom is -0.314 e. The van der Waals surface area contributed by atoms with Crippen LogP contribution >= 0.6 is 0 Å². The van der Waals surface area contributed by atoms with Gasteiger partial charge in [-0.2, -0.15) is 0 Å². The Labute approximate surface area is 62.7 Å². The van der Waals surface area contributed by atoms with E-state index in [-0.39, 0.29) is 11.8 Å². The first-order valence-corrected chi connectivity index (χ1v) is 5.43. The molecule has 4 heteroatoms. The largest absolute Gasteiger partial charge is 0.314 e. The molecule has 0 aromatic carbocycles. The highest BCUT2D eigenvalue weighted by Crippen LogP contribution is 1.88. The normalized spacial score (nSPS) is 15.1. The summed E-state index contributed by atoms with van der Waals surface area (Å²) in [4.78, 5) is 0. The molecule has 0 aliphatic heterocycles. The van der Waals surface area contributed by atoms with Crippen LogP contribution < -0.4 is 5.32 Å². The number of nitrogens with one attached hydrogen (secondary N) is 1. The molecule has 0 aromatic rings. The van der Waals surface area contributed by atoms with Crippen LogP contribution in [0.15, 0.2) is 0 Å². The molecular formula is C6H15NO2S. The molecule has 0 radical (unpaired) electrons. The summed E-state index contributed by atoms with van der Waals surface area (Å²) in [5.74, 6) is 0.223. The minimum atomic E-state index is -2.81. The molecule has 0 aliphatic rings. The van der Waals surface area contributed by atoms with Gasteiger partial charge in [0, 0.05) is 12.3 Å². The van der Waals surface area contributed by atoms with E-state index in [1.807, 2.05) is 13.8 Å². The second-order valence-corrected chi connectivity index (χ2v) is 4.74. The molecule has 62 valence electrons. The Hall–Kier alpha value is -0.0900. The van der Waals surface area contributed by atoms with Crippen LogP contribution in [0, 0.1) is 0 Å². The van der Waals surface area contributed by atoms with Gasteiger partial charge in [0.15, 0.2) is 0 Å². The Morgan fingerprint density at radius 2 is 2.00 bits per heavy atom. The van der Waals surface area contributed by atoms with Crippen LogP contribution in [0.4, 0.5) is 0 Å². The number of sulfone groups is 1. The third-order valence-corrected chi connectivity index (χ3v) is 2.21. The van der Waals surface area contributed by atoms with Crippen molar-refractivity contribution >= 4 is 9.84 Å². The second-order valence-electron chi connectivity index (χ2n) is 2.55. The first kappa shape index (κ1) is 9.91. The Kier molecular flexibility index (Phi) is 3.89. The zero-order chi connectivity index (χ0) is 8.20. The van der Waals surface area contributed by atoms with Gasteiger partial charge >= 0.3 is 0 Å². The van der Waals surface area contributed by atoms with E-state index in [0.29, 0.717) is 0 Å². The smallest absolute Gasteiger partial charge is 0.148 e. The van der Waals surface area contributed by atoms with Crippen LogP contribution in [0.2, 0.25) is 0 Å². The molecule has 0 aliphatic carbocycles. The lowest BCUT2D eigenvalue weighted by Crippen LogP contribution is -2.32. The zero-order valence-corrected chi connectivity index (χ0v) is 7.53. The van der Waals surface area contributed by atoms with Crippen molar-refractivity contribution in [2.75, 3.05) is 18.6 Å². The van der Waals surface area contributed by atoms with Crippen LogP contribution in [-0.4, -0.2) is 33.0 Å². The average Bonchev–Trinajstić information content (AvgIpc) is 1.59. The first-order valence-electron chi connectivity index (χ1n) is 3.37. The maximum atomic E-state index is 10.7. The summed E-state index contributed by atoms with van der Waals surface area (Å²) in [6, 6.07) is 0.0694. The van der Waals surface area contributed by atoms with Gasteiger partial charge in [-0.1, -0.05) is 6.92 Å². The van der Waals surface area contributed by atoms with Gasteiger partial charge in [-0.25, -0.2) is 8.42 Å². The predicted molar refractivity (Wildman–Crippen MR) is 42.8 cm³/mol. The van der Waals surface area contributed by atoms with Crippen molar-refractivity contribution < 1.29 is 8.42 Å². The van der Waals surface area contributed by atoms with E-state index >= 15 is 0 Å². The minimum absolute atomic E-state index is 0.0694. The maximum absolute atomic E-state index is 10.7. The monoisotopic (exact) mass is 165 g/mol. The SMILES string of the molecule is CCN[C@@H](C)CS(C)(=O)=O. The van der Waals surface area contributed by atoms with Crippen LogP contribution in [0.3, 0.4) is 0 Å². The summed E-state index contributed by atoms with van der Waals surface area (Å²) in [5.41, 5.74) is 0. The van der Waals surface area contributed by atoms with Crippen molar-refractivity contribution in [1.29, 1.82) is 0 Å². The van der Waals surface area contributed by atoms with Crippen LogP contribution in [0.5, 0.6) is 0 Å². The molecule has 0 amide bonds. The first-order chi connectivity index (χ1) is 4.45. The van der Waals surface area contributed by atoms with Crippen molar-refractivity contribution in [1.82, 2.24) is 5.32 Å². The molecule has 1 atom stereocenters. The quantitative estimate of drug-likeness (QED) is 0.639. The summed E-state index contributed by atoms with van der Waals surface area (Å²) in [6.45, 7) is 4.64. The summed E-state index contributed by atoms with van der Waals surface area (Å²) in [6.07, 6.45) is 1.25. The van der Waals surface area contributed by atoms with E-state index in [0.717, 1.165) is 6.54 Å². The van der Waals surface area contributed by atoms with E-state index in [1.54, 1.807) is 0 Å². The molecule has 1 N–H and O–H groups in total. The molecule has 0 rings (SSSR count). The highest BCUT2D eigenvalue weighted by molar-refractivity contribution is 7.90. The van der Waals surface area contributed by atoms with Gasteiger partial charge in [-0.15, -0.1) is 0 Å². The maximum Gasteiger partial charge on any atom is 0.148 e. The van der Waals surface area contributed by atoms with Crippen molar-refractivity contribution in [2.45, 2.75) is 19.9 Å². The molecule has 0 unspecified atom stereocenters. The second kappa shape index (κ2) is 3.93. The third-order valence-electron chi connectivity index (χ3n) is 1.11. The van der Waals surface area contributed by atoms with Gasteiger partial charge in [-0.05, 0) is 13.5 Å². The van der Waals surface area contributed by atoms with E-state index in [2.05, 4.69) is 5.32 Å². The van der Waals surface area contributed by atoms with Crippen LogP contribution in [0.1, 0.15) is 13.8 Å². The number of rotatable bonds is 4. The van der Waals surface area contributed by atoms with Crippen LogP contribution in [-0.2, 0) is 9.84 Å². The van der Waals surface area contributed by atoms with Gasteiger partial charge in [0.2, 0.25) is 0 Å². The summed E-state index contributed by atoms with van der Waals surface area (Å²) in [5, 5.41) is 3.02. The predicted octanol–water partition coefficient (Wildman–Crippen LogP) is 0.0290. The summed E-state index contributed by atoms with van der Waals surface area (Å²) >= 11 is 0. The van der Waals surface area contributed by atoms with E-state index < -0.39 is 9.84 Å². The fourth-order valence-corrected chi connectivity index (χ4v) is 1.89. The van der Waals surface area contributed by atoms with E-state index in [1.165, 1.54) is 6.26 Å². The lowest BCUT2D eigenvalue weighted by Gasteiger charge is -2.09. The lowest BCUT2D eigenvalue weighted by molar-refractivity contribution is 0.571. The number of hydrogen-bond acceptors (Lipinski definition) is 3. The van der Waals surface area contributed by atoms with Gasteiger partial charge in [0.1, 0.15) is 9.84 Å². The van der Waals surface area contributed by atoms with Crippen molar-refractivity contribution in [2.24, 2.45) is 0 Å². The molecule has 0 heterocycles. The van der Waals surface area contributed by atoms with Gasteiger partial charge < -0.3 is 5.32 Å². The molecule has 0 spiro atoms. The third kappa shape index (κ3) is 6.04. The highest BCUT2D eigenvalue weighted by atomic mass is 32.2. The highest BCUT2D eigenvalue weighted by Gasteiger charge is 2.07. The summed E-state index contributed by atoms with van der Waals surface area (Å²) < 4.78 is 21.4. The molecule has 0 fully saturated rings. The van der Waals surface area contributed by atoms with E-state index in [4.69, 9.17) is 0 Å². The molecule has 0 saturated heterocycles. The topological polar surface area (TPSA) is 46.2 Å². The standard InChI is InChI=1S/C6H15NO2S/c1-4-7-6(2)5-10(3,8)9/h6-7H,4-5H2,1-3H3/t6-/m0/s1. The molecule has 0 saturated carbocycles. The Morgan fingerprint density at radius 1 is 1.50 bits per heavy atom. The van der Waals surface area contributed by atoms with Gasteiger partial charge in [0.25, 0.3) is 0 Å². The zero-order valence-electron chi connectivity index (χ0n) is 6.72. The molecule has 3 nitrogen and oxygen atoms in total. The molecule has 10 heavy (non-hydrogen) atoms. The van der Waals surface area contributed by atoms with Crippen molar-refractivity contribution in [3.05, 3.63) is 0 Å². The Bertz CT molecular complexity index is 174. The Morgan fingerprint density at radius 3 is 2.30 bits per heavy atom. The van der Waals surface area contributed by atoms with Gasteiger partial charge in [-0.3, -0.25) is 0 Å². The fourth-order valence-electron chi connectivity index (χ4n) is 0.862. The van der Waals surface area contributed by atoms with Crippen molar-refractivity contribution in [3.63, 3.8) is 0 Å². The fraction of sp³-hybridized carbons (Fsp3) is 1.00. The van der Waals surface area contributed by atoms with Crippen molar-refractivity contribution in [3.8, 4) is 0 Å².